The molecule has 0 unspecified atom stereocenters. The summed E-state index contributed by atoms with van der Waals surface area (Å²) < 4.78 is 5.23. The first-order valence-electron chi connectivity index (χ1n) is 6.82. The molecule has 0 atom stereocenters. The monoisotopic (exact) mass is 290 g/mol. The molecule has 6 nitrogen and oxygen atoms in total. The molecule has 0 aliphatic carbocycles. The molecule has 0 fully saturated rings. The number of carbonyl (C=O) groups excluding carboxylic acids is 1. The molecular weight excluding hydrogens is 272 g/mol. The Bertz CT molecular complexity index is 648. The number of rotatable bonds is 7. The van der Waals surface area contributed by atoms with E-state index >= 15 is 0 Å². The maximum absolute atomic E-state index is 11.6. The largest absolute Gasteiger partial charge is 0.481 e. The third kappa shape index (κ3) is 4.06. The first-order valence-corrected chi connectivity index (χ1v) is 6.82. The zero-order valence-electron chi connectivity index (χ0n) is 11.6. The quantitative estimate of drug-likeness (QED) is 0.533. The summed E-state index contributed by atoms with van der Waals surface area (Å²) in [6.45, 7) is 0.548. The fourth-order valence-electron chi connectivity index (χ4n) is 2.15. The first kappa shape index (κ1) is 15.1. The summed E-state index contributed by atoms with van der Waals surface area (Å²) >= 11 is 0. The Labute approximate surface area is 121 Å². The van der Waals surface area contributed by atoms with Crippen LogP contribution in [0.5, 0.6) is 5.75 Å². The minimum absolute atomic E-state index is 0.0351. The van der Waals surface area contributed by atoms with E-state index in [2.05, 4.69) is 4.98 Å². The molecule has 0 saturated carbocycles. The minimum Gasteiger partial charge on any atom is -0.481 e. The second-order valence-corrected chi connectivity index (χ2v) is 4.78. The third-order valence-electron chi connectivity index (χ3n) is 3.16. The number of aromatic amines is 1. The van der Waals surface area contributed by atoms with Crippen molar-refractivity contribution < 1.29 is 19.4 Å². The van der Waals surface area contributed by atoms with E-state index in [1.165, 1.54) is 0 Å². The lowest BCUT2D eigenvalue weighted by Gasteiger charge is -2.04. The average Bonchev–Trinajstić information content (AvgIpc) is 2.81. The van der Waals surface area contributed by atoms with E-state index in [-0.39, 0.29) is 19.3 Å². The molecule has 2 aromatic rings. The van der Waals surface area contributed by atoms with Crippen LogP contribution in [0.3, 0.4) is 0 Å². The Morgan fingerprint density at radius 3 is 2.81 bits per heavy atom. The van der Waals surface area contributed by atoms with Gasteiger partial charge in [-0.2, -0.15) is 0 Å². The van der Waals surface area contributed by atoms with Gasteiger partial charge >= 0.3 is 11.9 Å². The molecule has 0 spiro atoms. The number of ether oxygens (including phenoxy) is 1. The van der Waals surface area contributed by atoms with Crippen LogP contribution in [0.4, 0.5) is 0 Å². The van der Waals surface area contributed by atoms with Gasteiger partial charge in [0.15, 0.2) is 0 Å². The zero-order chi connectivity index (χ0) is 15.2. The molecule has 6 heteroatoms. The van der Waals surface area contributed by atoms with Crippen LogP contribution in [0.1, 0.15) is 24.8 Å². The number of fused-ring (bicyclic) bond motifs is 1. The normalized spacial score (nSPS) is 10.7. The van der Waals surface area contributed by atoms with E-state index in [0.717, 1.165) is 22.9 Å². The van der Waals surface area contributed by atoms with Crippen molar-refractivity contribution in [2.75, 3.05) is 6.54 Å². The number of aromatic nitrogens is 1. The summed E-state index contributed by atoms with van der Waals surface area (Å²) in [5.41, 5.74) is 7.60. The number of hydrogen-bond donors (Lipinski definition) is 3. The first-order chi connectivity index (χ1) is 10.1. The number of nitrogens with two attached hydrogens (primary N) is 1. The maximum Gasteiger partial charge on any atom is 0.311 e. The molecule has 112 valence electrons. The Morgan fingerprint density at radius 1 is 1.29 bits per heavy atom. The number of carbonyl (C=O) groups is 2. The van der Waals surface area contributed by atoms with Gasteiger partial charge in [-0.1, -0.05) is 0 Å². The predicted octanol–water partition coefficient (Wildman–Crippen LogP) is 1.83. The Morgan fingerprint density at radius 2 is 2.10 bits per heavy atom. The molecule has 4 N–H and O–H groups in total. The highest BCUT2D eigenvalue weighted by atomic mass is 16.5. The molecule has 0 radical (unpaired) electrons. The van der Waals surface area contributed by atoms with Gasteiger partial charge in [-0.3, -0.25) is 9.59 Å². The molecule has 1 heterocycles. The summed E-state index contributed by atoms with van der Waals surface area (Å²) in [6, 6.07) is 5.35. The standard InChI is InChI=1S/C15H18N2O4/c16-7-6-10-9-17-13-5-4-11(8-12(10)13)21-15(20)3-1-2-14(18)19/h4-5,8-9,17H,1-3,6-7,16H2,(H,18,19). The lowest BCUT2D eigenvalue weighted by atomic mass is 10.1. The van der Waals surface area contributed by atoms with Gasteiger partial charge in [-0.25, -0.2) is 0 Å². The van der Waals surface area contributed by atoms with E-state index in [4.69, 9.17) is 15.6 Å². The zero-order valence-corrected chi connectivity index (χ0v) is 11.6. The van der Waals surface area contributed by atoms with Crippen LogP contribution < -0.4 is 10.5 Å². The number of carboxylic acids is 1. The summed E-state index contributed by atoms with van der Waals surface area (Å²) in [7, 11) is 0. The van der Waals surface area contributed by atoms with Crippen LogP contribution in [0.25, 0.3) is 10.9 Å². The number of nitrogens with one attached hydrogen (secondary N) is 1. The van der Waals surface area contributed by atoms with Gasteiger partial charge in [0.25, 0.3) is 0 Å². The van der Waals surface area contributed by atoms with E-state index < -0.39 is 11.9 Å². The summed E-state index contributed by atoms with van der Waals surface area (Å²) in [5, 5.41) is 9.51. The van der Waals surface area contributed by atoms with Gasteiger partial charge in [0, 0.05) is 29.9 Å². The highest BCUT2D eigenvalue weighted by Gasteiger charge is 2.09. The van der Waals surface area contributed by atoms with Crippen LogP contribution in [0, 0.1) is 0 Å². The molecule has 1 aromatic carbocycles. The second-order valence-electron chi connectivity index (χ2n) is 4.78. The van der Waals surface area contributed by atoms with Crippen molar-refractivity contribution in [2.24, 2.45) is 5.73 Å². The third-order valence-corrected chi connectivity index (χ3v) is 3.16. The molecule has 0 aliphatic heterocycles. The van der Waals surface area contributed by atoms with Gasteiger partial charge in [-0.05, 0) is 43.1 Å². The fourth-order valence-corrected chi connectivity index (χ4v) is 2.15. The smallest absolute Gasteiger partial charge is 0.311 e. The lowest BCUT2D eigenvalue weighted by Crippen LogP contribution is -2.08. The highest BCUT2D eigenvalue weighted by Crippen LogP contribution is 2.24. The second kappa shape index (κ2) is 6.90. The number of carboxylic acid groups (broad SMARTS) is 1. The van der Waals surface area contributed by atoms with Crippen molar-refractivity contribution in [3.63, 3.8) is 0 Å². The van der Waals surface area contributed by atoms with Gasteiger partial charge in [0.2, 0.25) is 0 Å². The van der Waals surface area contributed by atoms with Gasteiger partial charge in [0.05, 0.1) is 0 Å². The van der Waals surface area contributed by atoms with Gasteiger partial charge in [0.1, 0.15) is 5.75 Å². The van der Waals surface area contributed by atoms with Crippen LogP contribution in [0.15, 0.2) is 24.4 Å². The maximum atomic E-state index is 11.6. The van der Waals surface area contributed by atoms with Gasteiger partial charge in [-0.15, -0.1) is 0 Å². The van der Waals surface area contributed by atoms with Crippen molar-refractivity contribution >= 4 is 22.8 Å². The van der Waals surface area contributed by atoms with E-state index in [1.54, 1.807) is 12.1 Å². The molecule has 2 rings (SSSR count). The Hall–Kier alpha value is -2.34. The molecule has 0 amide bonds. The SMILES string of the molecule is NCCc1c[nH]c2ccc(OC(=O)CCCC(=O)O)cc12. The number of benzene rings is 1. The average molecular weight is 290 g/mol. The molecule has 0 aliphatic rings. The highest BCUT2D eigenvalue weighted by molar-refractivity contribution is 5.85. The summed E-state index contributed by atoms with van der Waals surface area (Å²) in [5.74, 6) is -0.879. The molecule has 0 bridgehead atoms. The lowest BCUT2D eigenvalue weighted by molar-refractivity contribution is -0.137. The minimum atomic E-state index is -0.914. The van der Waals surface area contributed by atoms with Gasteiger partial charge < -0.3 is 20.6 Å². The van der Waals surface area contributed by atoms with Crippen molar-refractivity contribution in [2.45, 2.75) is 25.7 Å². The number of aliphatic carboxylic acids is 1. The molecule has 1 aromatic heterocycles. The van der Waals surface area contributed by atoms with Crippen molar-refractivity contribution in [3.05, 3.63) is 30.0 Å². The summed E-state index contributed by atoms with van der Waals surface area (Å²) in [6.07, 6.45) is 2.98. The van der Waals surface area contributed by atoms with Crippen LogP contribution in [-0.2, 0) is 16.0 Å². The molecule has 21 heavy (non-hydrogen) atoms. The number of hydrogen-bond acceptors (Lipinski definition) is 4. The van der Waals surface area contributed by atoms with E-state index in [0.29, 0.717) is 12.3 Å². The predicted molar refractivity (Wildman–Crippen MR) is 78.2 cm³/mol. The van der Waals surface area contributed by atoms with E-state index in [9.17, 15) is 9.59 Å². The number of H-pyrrole nitrogens is 1. The van der Waals surface area contributed by atoms with Crippen LogP contribution >= 0.6 is 0 Å². The Kier molecular flexibility index (Phi) is 4.94. The Balaban J connectivity index is 2.03. The number of esters is 1. The van der Waals surface area contributed by atoms with Crippen molar-refractivity contribution in [3.8, 4) is 5.75 Å². The van der Waals surface area contributed by atoms with Crippen molar-refractivity contribution in [1.29, 1.82) is 0 Å². The van der Waals surface area contributed by atoms with Crippen LogP contribution in [-0.4, -0.2) is 28.6 Å². The van der Waals surface area contributed by atoms with Crippen molar-refractivity contribution in [1.82, 2.24) is 4.98 Å². The van der Waals surface area contributed by atoms with Crippen LogP contribution in [0.2, 0.25) is 0 Å². The molecular formula is C15H18N2O4. The fraction of sp³-hybridized carbons (Fsp3) is 0.333. The molecule has 0 saturated heterocycles. The topological polar surface area (TPSA) is 105 Å². The van der Waals surface area contributed by atoms with E-state index in [1.807, 2.05) is 12.3 Å². The summed E-state index contributed by atoms with van der Waals surface area (Å²) in [4.78, 5) is 25.2.